The van der Waals surface area contributed by atoms with Crippen molar-refractivity contribution in [1.82, 2.24) is 0 Å². The monoisotopic (exact) mass is 362 g/mol. The second-order valence-electron chi connectivity index (χ2n) is 5.98. The molecule has 0 saturated heterocycles. The van der Waals surface area contributed by atoms with E-state index in [1.54, 1.807) is 0 Å². The van der Waals surface area contributed by atoms with Gasteiger partial charge in [-0.05, 0) is 49.1 Å². The largest absolute Gasteiger partial charge is 0.489 e. The fourth-order valence-corrected chi connectivity index (χ4v) is 2.52. The summed E-state index contributed by atoms with van der Waals surface area (Å²) < 4.78 is 5.90. The molecule has 27 heavy (non-hydrogen) atoms. The van der Waals surface area contributed by atoms with Crippen LogP contribution < -0.4 is 0 Å². The van der Waals surface area contributed by atoms with Gasteiger partial charge in [0, 0.05) is 0 Å². The molecule has 0 aliphatic heterocycles. The van der Waals surface area contributed by atoms with Crippen LogP contribution in [0.2, 0.25) is 0 Å². The van der Waals surface area contributed by atoms with Crippen LogP contribution in [-0.2, 0) is 11.3 Å². The second-order valence-corrected chi connectivity index (χ2v) is 5.98. The van der Waals surface area contributed by atoms with Gasteiger partial charge in [-0.3, -0.25) is 0 Å². The first kappa shape index (κ1) is 22.5. The first-order valence-corrected chi connectivity index (χ1v) is 10.0. The van der Waals surface area contributed by atoms with Crippen molar-refractivity contribution in [1.29, 1.82) is 0 Å². The number of ether oxygens (including phenoxy) is 1. The maximum atomic E-state index is 5.90. The molecule has 0 bridgehead atoms. The average molecular weight is 363 g/mol. The van der Waals surface area contributed by atoms with Crippen LogP contribution in [0.4, 0.5) is 0 Å². The lowest BCUT2D eigenvalue weighted by molar-refractivity contribution is 0.210. The number of benzene rings is 2. The molecule has 0 fully saturated rings. The highest BCUT2D eigenvalue weighted by Crippen LogP contribution is 2.21. The molecular weight excluding hydrogens is 328 g/mol. The van der Waals surface area contributed by atoms with Gasteiger partial charge in [0.2, 0.25) is 0 Å². The molecule has 0 amide bonds. The van der Waals surface area contributed by atoms with E-state index in [4.69, 9.17) is 4.74 Å². The van der Waals surface area contributed by atoms with Gasteiger partial charge in [0.1, 0.15) is 12.4 Å². The highest BCUT2D eigenvalue weighted by molar-refractivity contribution is 5.63. The maximum absolute atomic E-state index is 5.90. The summed E-state index contributed by atoms with van der Waals surface area (Å²) in [6.07, 6.45) is 9.39. The molecule has 0 spiro atoms. The van der Waals surface area contributed by atoms with Crippen LogP contribution in [0.5, 0.6) is 0 Å². The van der Waals surface area contributed by atoms with E-state index in [2.05, 4.69) is 80.6 Å². The fourth-order valence-electron chi connectivity index (χ4n) is 2.52. The summed E-state index contributed by atoms with van der Waals surface area (Å²) >= 11 is 0. The minimum absolute atomic E-state index is 0.601. The Morgan fingerprint density at radius 2 is 1.26 bits per heavy atom. The van der Waals surface area contributed by atoms with Crippen molar-refractivity contribution < 1.29 is 4.74 Å². The number of hydrogen-bond donors (Lipinski definition) is 0. The molecule has 0 radical (unpaired) electrons. The summed E-state index contributed by atoms with van der Waals surface area (Å²) in [5, 5.41) is 0. The molecule has 0 aromatic heterocycles. The van der Waals surface area contributed by atoms with E-state index in [9.17, 15) is 0 Å². The van der Waals surface area contributed by atoms with Crippen LogP contribution in [0.25, 0.3) is 11.1 Å². The van der Waals surface area contributed by atoms with Crippen molar-refractivity contribution in [2.24, 2.45) is 0 Å². The van der Waals surface area contributed by atoms with Crippen molar-refractivity contribution in [3.05, 3.63) is 95.3 Å². The normalized spacial score (nSPS) is 12.4. The van der Waals surface area contributed by atoms with E-state index in [1.165, 1.54) is 27.8 Å². The molecule has 0 unspecified atom stereocenters. The number of hydrogen-bond acceptors (Lipinski definition) is 1. The summed E-state index contributed by atoms with van der Waals surface area (Å²) in [6, 6.07) is 17.2. The third kappa shape index (κ3) is 7.70. The standard InChI is InChI=1S/C22H22O.2C2H6/c1-17-4-3-5-22(15-8-17)23-16-19-9-13-21(14-10-19)20-11-6-18(2)7-12-20;2*1-2/h4-15H,3,16H2,1-2H3;2*1-2H3. The summed E-state index contributed by atoms with van der Waals surface area (Å²) in [5.41, 5.74) is 6.24. The van der Waals surface area contributed by atoms with Crippen molar-refractivity contribution in [2.45, 2.75) is 54.6 Å². The Kier molecular flexibility index (Phi) is 10.6. The molecule has 2 aromatic rings. The third-order valence-corrected chi connectivity index (χ3v) is 4.01. The molecule has 3 rings (SSSR count). The second kappa shape index (κ2) is 12.8. The molecule has 144 valence electrons. The predicted molar refractivity (Wildman–Crippen MR) is 120 cm³/mol. The van der Waals surface area contributed by atoms with E-state index in [0.717, 1.165) is 12.2 Å². The van der Waals surface area contributed by atoms with Crippen LogP contribution in [0, 0.1) is 6.92 Å². The minimum atomic E-state index is 0.601. The zero-order valence-corrected chi connectivity index (χ0v) is 17.8. The van der Waals surface area contributed by atoms with Gasteiger partial charge in [0.15, 0.2) is 0 Å². The van der Waals surface area contributed by atoms with Gasteiger partial charge in [-0.1, -0.05) is 99.5 Å². The van der Waals surface area contributed by atoms with E-state index in [0.29, 0.717) is 6.61 Å². The van der Waals surface area contributed by atoms with E-state index in [-0.39, 0.29) is 0 Å². The first-order valence-electron chi connectivity index (χ1n) is 10.0. The first-order chi connectivity index (χ1) is 13.2. The quantitative estimate of drug-likeness (QED) is 0.535. The molecule has 1 aliphatic rings. The van der Waals surface area contributed by atoms with Crippen LogP contribution >= 0.6 is 0 Å². The van der Waals surface area contributed by atoms with Crippen molar-refractivity contribution in [2.75, 3.05) is 0 Å². The van der Waals surface area contributed by atoms with Gasteiger partial charge in [0.25, 0.3) is 0 Å². The lowest BCUT2D eigenvalue weighted by Crippen LogP contribution is -1.92. The molecule has 0 N–H and O–H groups in total. The van der Waals surface area contributed by atoms with Gasteiger partial charge in [-0.15, -0.1) is 0 Å². The highest BCUT2D eigenvalue weighted by atomic mass is 16.5. The zero-order valence-electron chi connectivity index (χ0n) is 17.8. The number of rotatable bonds is 4. The van der Waals surface area contributed by atoms with E-state index < -0.39 is 0 Å². The van der Waals surface area contributed by atoms with Gasteiger partial charge >= 0.3 is 0 Å². The van der Waals surface area contributed by atoms with Gasteiger partial charge in [-0.2, -0.15) is 0 Å². The van der Waals surface area contributed by atoms with Gasteiger partial charge < -0.3 is 4.74 Å². The van der Waals surface area contributed by atoms with E-state index >= 15 is 0 Å². The molecule has 0 saturated carbocycles. The lowest BCUT2D eigenvalue weighted by atomic mass is 10.0. The lowest BCUT2D eigenvalue weighted by Gasteiger charge is -2.08. The number of aryl methyl sites for hydroxylation is 1. The topological polar surface area (TPSA) is 9.23 Å². The van der Waals surface area contributed by atoms with E-state index in [1.807, 2.05) is 33.8 Å². The fraction of sp³-hybridized carbons (Fsp3) is 0.308. The Morgan fingerprint density at radius 3 is 1.85 bits per heavy atom. The maximum Gasteiger partial charge on any atom is 0.116 e. The Balaban J connectivity index is 0.000000855. The Bertz CT molecular complexity index is 744. The predicted octanol–water partition coefficient (Wildman–Crippen LogP) is 8.02. The molecule has 1 heteroatoms. The van der Waals surface area contributed by atoms with Crippen LogP contribution in [0.3, 0.4) is 0 Å². The van der Waals surface area contributed by atoms with Crippen LogP contribution in [0.1, 0.15) is 52.2 Å². The Morgan fingerprint density at radius 1 is 0.704 bits per heavy atom. The van der Waals surface area contributed by atoms with Crippen LogP contribution in [-0.4, -0.2) is 0 Å². The van der Waals surface area contributed by atoms with Crippen molar-refractivity contribution in [3.63, 3.8) is 0 Å². The van der Waals surface area contributed by atoms with Crippen molar-refractivity contribution in [3.8, 4) is 11.1 Å². The SMILES string of the molecule is CC.CC.CC1=CCC=C(OCc2ccc(-c3ccc(C)cc3)cc2)C=C1. The van der Waals surface area contributed by atoms with Gasteiger partial charge in [0.05, 0.1) is 0 Å². The minimum Gasteiger partial charge on any atom is -0.489 e. The summed E-state index contributed by atoms with van der Waals surface area (Å²) in [4.78, 5) is 0. The van der Waals surface area contributed by atoms with Crippen LogP contribution in [0.15, 0.2) is 84.2 Å². The Labute approximate surface area is 166 Å². The summed E-state index contributed by atoms with van der Waals surface area (Å²) in [7, 11) is 0. The molecule has 0 heterocycles. The molecule has 1 aliphatic carbocycles. The number of allylic oxidation sites excluding steroid dienone is 5. The zero-order chi connectivity index (χ0) is 20.1. The van der Waals surface area contributed by atoms with Crippen molar-refractivity contribution >= 4 is 0 Å². The summed E-state index contributed by atoms with van der Waals surface area (Å²) in [6.45, 7) is 12.8. The summed E-state index contributed by atoms with van der Waals surface area (Å²) in [5.74, 6) is 0.945. The molecule has 0 atom stereocenters. The molecular formula is C26H34O. The molecule has 2 aromatic carbocycles. The van der Waals surface area contributed by atoms with Gasteiger partial charge in [-0.25, -0.2) is 0 Å². The Hall–Kier alpha value is -2.54. The average Bonchev–Trinajstić information content (AvgIpc) is 2.95. The highest BCUT2D eigenvalue weighted by Gasteiger charge is 2.01. The molecule has 1 nitrogen and oxygen atoms in total. The smallest absolute Gasteiger partial charge is 0.116 e. The third-order valence-electron chi connectivity index (χ3n) is 4.01.